The molecule has 0 aromatic heterocycles. The van der Waals surface area contributed by atoms with Gasteiger partial charge in [-0.2, -0.15) is 0 Å². The van der Waals surface area contributed by atoms with Crippen molar-refractivity contribution in [1.82, 2.24) is 4.90 Å². The van der Waals surface area contributed by atoms with Crippen molar-refractivity contribution in [3.63, 3.8) is 0 Å². The Morgan fingerprint density at radius 2 is 2.26 bits per heavy atom. The molecular formula is C16H26N2O. The van der Waals surface area contributed by atoms with Gasteiger partial charge in [-0.05, 0) is 56.0 Å². The molecule has 2 rings (SSSR count). The van der Waals surface area contributed by atoms with Gasteiger partial charge in [-0.25, -0.2) is 0 Å². The molecule has 1 heterocycles. The molecule has 106 valence electrons. The molecular weight excluding hydrogens is 236 g/mol. The molecule has 3 heteroatoms. The third-order valence-corrected chi connectivity index (χ3v) is 3.78. The first-order chi connectivity index (χ1) is 9.19. The van der Waals surface area contributed by atoms with Crippen LogP contribution in [0.1, 0.15) is 24.5 Å². The molecule has 0 fully saturated rings. The van der Waals surface area contributed by atoms with Crippen LogP contribution in [0.4, 0.5) is 0 Å². The van der Waals surface area contributed by atoms with Gasteiger partial charge in [-0.15, -0.1) is 0 Å². The number of hydrogen-bond donors (Lipinski definition) is 1. The van der Waals surface area contributed by atoms with Gasteiger partial charge in [0.1, 0.15) is 5.75 Å². The van der Waals surface area contributed by atoms with Crippen LogP contribution in [0.2, 0.25) is 0 Å². The first-order valence-corrected chi connectivity index (χ1v) is 7.32. The van der Waals surface area contributed by atoms with Crippen LogP contribution in [0.5, 0.6) is 5.75 Å². The summed E-state index contributed by atoms with van der Waals surface area (Å²) in [6, 6.07) is 6.64. The number of benzene rings is 1. The molecule has 0 spiro atoms. The molecule has 0 aliphatic carbocycles. The lowest BCUT2D eigenvalue weighted by Gasteiger charge is -2.21. The quantitative estimate of drug-likeness (QED) is 0.853. The fraction of sp³-hybridized carbons (Fsp3) is 0.625. The monoisotopic (exact) mass is 262 g/mol. The summed E-state index contributed by atoms with van der Waals surface area (Å²) in [6.07, 6.45) is 3.40. The zero-order valence-electron chi connectivity index (χ0n) is 12.2. The van der Waals surface area contributed by atoms with Gasteiger partial charge >= 0.3 is 0 Å². The second-order valence-electron chi connectivity index (χ2n) is 5.75. The van der Waals surface area contributed by atoms with E-state index >= 15 is 0 Å². The molecule has 0 bridgehead atoms. The van der Waals surface area contributed by atoms with Gasteiger partial charge in [-0.1, -0.05) is 19.1 Å². The van der Waals surface area contributed by atoms with E-state index in [4.69, 9.17) is 10.5 Å². The Morgan fingerprint density at radius 3 is 3.05 bits per heavy atom. The summed E-state index contributed by atoms with van der Waals surface area (Å²) in [5.74, 6) is 1.65. The average molecular weight is 262 g/mol. The summed E-state index contributed by atoms with van der Waals surface area (Å²) in [7, 11) is 2.17. The molecule has 1 atom stereocenters. The van der Waals surface area contributed by atoms with Crippen LogP contribution < -0.4 is 10.5 Å². The third kappa shape index (κ3) is 4.22. The smallest absolute Gasteiger partial charge is 0.122 e. The number of hydrogen-bond acceptors (Lipinski definition) is 3. The van der Waals surface area contributed by atoms with E-state index in [9.17, 15) is 0 Å². The van der Waals surface area contributed by atoms with Crippen LogP contribution in [0.25, 0.3) is 0 Å². The van der Waals surface area contributed by atoms with Crippen LogP contribution in [0.3, 0.4) is 0 Å². The van der Waals surface area contributed by atoms with Crippen molar-refractivity contribution >= 4 is 0 Å². The number of nitrogens with zero attached hydrogens (tertiary/aromatic N) is 1. The minimum absolute atomic E-state index is 0.571. The molecule has 1 aromatic rings. The predicted molar refractivity (Wildman–Crippen MR) is 79.7 cm³/mol. The van der Waals surface area contributed by atoms with Crippen LogP contribution in [-0.2, 0) is 12.8 Å². The molecule has 0 radical (unpaired) electrons. The Bertz CT molecular complexity index is 406. The molecule has 0 saturated heterocycles. The summed E-state index contributed by atoms with van der Waals surface area (Å²) < 4.78 is 5.65. The van der Waals surface area contributed by atoms with E-state index < -0.39 is 0 Å². The number of ether oxygens (including phenoxy) is 1. The highest BCUT2D eigenvalue weighted by molar-refractivity contribution is 5.38. The van der Waals surface area contributed by atoms with Crippen molar-refractivity contribution in [2.45, 2.75) is 26.2 Å². The van der Waals surface area contributed by atoms with Gasteiger partial charge in [-0.3, -0.25) is 0 Å². The van der Waals surface area contributed by atoms with Crippen LogP contribution in [0, 0.1) is 5.92 Å². The first kappa shape index (κ1) is 14.4. The lowest BCUT2D eigenvalue weighted by molar-refractivity contribution is 0.286. The Morgan fingerprint density at radius 1 is 1.42 bits per heavy atom. The van der Waals surface area contributed by atoms with E-state index in [0.717, 1.165) is 51.3 Å². The highest BCUT2D eigenvalue weighted by Crippen LogP contribution is 2.25. The predicted octanol–water partition coefficient (Wildman–Crippen LogP) is 2.08. The lowest BCUT2D eigenvalue weighted by Crippen LogP contribution is -2.30. The highest BCUT2D eigenvalue weighted by atomic mass is 16.5. The summed E-state index contributed by atoms with van der Waals surface area (Å²) in [5, 5.41) is 0. The van der Waals surface area contributed by atoms with Gasteiger partial charge < -0.3 is 15.4 Å². The Kier molecular flexibility index (Phi) is 5.23. The standard InChI is InChI=1S/C16H26N2O/c1-13(11-17)12-18(2)8-7-14-5-6-16-15(10-14)4-3-9-19-16/h5-6,10,13H,3-4,7-9,11-12,17H2,1-2H3. The fourth-order valence-electron chi connectivity index (χ4n) is 2.59. The molecule has 1 aliphatic rings. The summed E-state index contributed by atoms with van der Waals surface area (Å²) >= 11 is 0. The lowest BCUT2D eigenvalue weighted by atomic mass is 10.0. The maximum Gasteiger partial charge on any atom is 0.122 e. The summed E-state index contributed by atoms with van der Waals surface area (Å²) in [6.45, 7) is 5.99. The molecule has 0 saturated carbocycles. The maximum absolute atomic E-state index is 5.66. The normalized spacial score (nSPS) is 16.0. The summed E-state index contributed by atoms with van der Waals surface area (Å²) in [5.41, 5.74) is 8.45. The van der Waals surface area contributed by atoms with Crippen LogP contribution in [-0.4, -0.2) is 38.2 Å². The van der Waals surface area contributed by atoms with Gasteiger partial charge in [0.15, 0.2) is 0 Å². The molecule has 1 aromatic carbocycles. The van der Waals surface area contributed by atoms with Crippen molar-refractivity contribution in [3.8, 4) is 5.75 Å². The van der Waals surface area contributed by atoms with E-state index in [-0.39, 0.29) is 0 Å². The molecule has 1 aliphatic heterocycles. The number of nitrogens with two attached hydrogens (primary N) is 1. The average Bonchev–Trinajstić information content (AvgIpc) is 2.44. The van der Waals surface area contributed by atoms with Gasteiger partial charge in [0.2, 0.25) is 0 Å². The Labute approximate surface area is 116 Å². The maximum atomic E-state index is 5.66. The minimum atomic E-state index is 0.571. The van der Waals surface area contributed by atoms with E-state index in [2.05, 4.69) is 37.1 Å². The van der Waals surface area contributed by atoms with E-state index in [1.54, 1.807) is 0 Å². The first-order valence-electron chi connectivity index (χ1n) is 7.32. The number of aryl methyl sites for hydroxylation is 1. The van der Waals surface area contributed by atoms with E-state index in [1.165, 1.54) is 11.1 Å². The Balaban J connectivity index is 1.86. The topological polar surface area (TPSA) is 38.5 Å². The second-order valence-corrected chi connectivity index (χ2v) is 5.75. The number of likely N-dealkylation sites (N-methyl/N-ethyl adjacent to an activating group) is 1. The third-order valence-electron chi connectivity index (χ3n) is 3.78. The number of fused-ring (bicyclic) bond motifs is 1. The van der Waals surface area contributed by atoms with Gasteiger partial charge in [0, 0.05) is 13.1 Å². The fourth-order valence-corrected chi connectivity index (χ4v) is 2.59. The van der Waals surface area contributed by atoms with Crippen LogP contribution in [0.15, 0.2) is 18.2 Å². The second kappa shape index (κ2) is 6.92. The van der Waals surface area contributed by atoms with Crippen molar-refractivity contribution in [3.05, 3.63) is 29.3 Å². The zero-order valence-corrected chi connectivity index (χ0v) is 12.2. The Hall–Kier alpha value is -1.06. The van der Waals surface area contributed by atoms with Gasteiger partial charge in [0.05, 0.1) is 6.61 Å². The SMILES string of the molecule is CC(CN)CN(C)CCc1ccc2c(c1)CCCO2. The molecule has 0 amide bonds. The molecule has 3 nitrogen and oxygen atoms in total. The molecule has 1 unspecified atom stereocenters. The van der Waals surface area contributed by atoms with E-state index in [0.29, 0.717) is 5.92 Å². The zero-order chi connectivity index (χ0) is 13.7. The minimum Gasteiger partial charge on any atom is -0.493 e. The number of rotatable bonds is 6. The largest absolute Gasteiger partial charge is 0.493 e. The van der Waals surface area contributed by atoms with E-state index in [1.807, 2.05) is 0 Å². The van der Waals surface area contributed by atoms with Crippen molar-refractivity contribution in [2.75, 3.05) is 33.3 Å². The highest BCUT2D eigenvalue weighted by Gasteiger charge is 2.11. The van der Waals surface area contributed by atoms with Crippen molar-refractivity contribution in [1.29, 1.82) is 0 Å². The van der Waals surface area contributed by atoms with Gasteiger partial charge in [0.25, 0.3) is 0 Å². The summed E-state index contributed by atoms with van der Waals surface area (Å²) in [4.78, 5) is 2.37. The molecule has 2 N–H and O–H groups in total. The molecule has 19 heavy (non-hydrogen) atoms. The van der Waals surface area contributed by atoms with Crippen LogP contribution >= 0.6 is 0 Å². The van der Waals surface area contributed by atoms with Crippen molar-refractivity contribution in [2.24, 2.45) is 11.7 Å². The van der Waals surface area contributed by atoms with Crippen molar-refractivity contribution < 1.29 is 4.74 Å².